The molecule has 0 aromatic rings. The molecular weight excluding hydrogens is 257 g/mol. The van der Waals surface area contributed by atoms with Crippen LogP contribution in [0, 0.1) is 0 Å². The molecule has 1 heteroatoms. The van der Waals surface area contributed by atoms with E-state index in [9.17, 15) is 0 Å². The van der Waals surface area contributed by atoms with Crippen LogP contribution >= 0.6 is 0 Å². The molecule has 14 heavy (non-hydrogen) atoms. The van der Waals surface area contributed by atoms with Crippen molar-refractivity contribution in [3.63, 3.8) is 0 Å². The Balaban J connectivity index is 2.25. The van der Waals surface area contributed by atoms with Gasteiger partial charge in [0, 0.05) is 0 Å². The van der Waals surface area contributed by atoms with E-state index in [0.717, 1.165) is 0 Å². The van der Waals surface area contributed by atoms with Crippen LogP contribution in [0.25, 0.3) is 0 Å². The first kappa shape index (κ1) is 10.1. The van der Waals surface area contributed by atoms with Gasteiger partial charge in [0.1, 0.15) is 0 Å². The first-order chi connectivity index (χ1) is 6.77. The maximum atomic E-state index is 2.55. The predicted molar refractivity (Wildman–Crippen MR) is 60.0 cm³/mol. The fourth-order valence-electron chi connectivity index (χ4n) is 1.88. The van der Waals surface area contributed by atoms with E-state index in [4.69, 9.17) is 0 Å². The fraction of sp³-hybridized carbons (Fsp3) is 0.385. The molecule has 0 N–H and O–H groups in total. The van der Waals surface area contributed by atoms with Crippen molar-refractivity contribution in [3.8, 4) is 0 Å². The average Bonchev–Trinajstić information content (AvgIpc) is 2.88. The first-order valence-corrected chi connectivity index (χ1v) is 9.80. The van der Waals surface area contributed by atoms with Gasteiger partial charge in [-0.15, -0.1) is 0 Å². The minimum atomic E-state index is -1.61. The molecule has 0 atom stereocenters. The summed E-state index contributed by atoms with van der Waals surface area (Å²) in [6.07, 6.45) is 16.2. The fourth-order valence-corrected chi connectivity index (χ4v) is 7.76. The van der Waals surface area contributed by atoms with Crippen molar-refractivity contribution in [1.82, 2.24) is 0 Å². The SMILES string of the molecule is C[CH2][Ru]([CH3])([C]1=CC=CC1)[C]1=CC=CC1. The van der Waals surface area contributed by atoms with Crippen LogP contribution in [0.1, 0.15) is 19.8 Å². The second-order valence-corrected chi connectivity index (χ2v) is 11.7. The average molecular weight is 275 g/mol. The molecule has 78 valence electrons. The van der Waals surface area contributed by atoms with Crippen molar-refractivity contribution in [3.05, 3.63) is 44.8 Å². The van der Waals surface area contributed by atoms with Gasteiger partial charge >= 0.3 is 89.9 Å². The summed E-state index contributed by atoms with van der Waals surface area (Å²) in [6, 6.07) is 0. The van der Waals surface area contributed by atoms with Gasteiger partial charge < -0.3 is 0 Å². The summed E-state index contributed by atoms with van der Waals surface area (Å²) in [5.41, 5.74) is 2.55. The van der Waals surface area contributed by atoms with E-state index in [0.29, 0.717) is 0 Å². The zero-order valence-corrected chi connectivity index (χ0v) is 10.7. The zero-order valence-electron chi connectivity index (χ0n) is 8.94. The molecule has 0 radical (unpaired) electrons. The zero-order chi connectivity index (χ0) is 10.0. The molecule has 0 heterocycles. The van der Waals surface area contributed by atoms with Crippen molar-refractivity contribution in [1.29, 1.82) is 0 Å². The van der Waals surface area contributed by atoms with Crippen molar-refractivity contribution in [2.45, 2.75) is 30.3 Å². The Morgan fingerprint density at radius 3 is 1.86 bits per heavy atom. The molecule has 2 aliphatic carbocycles. The Morgan fingerprint density at radius 1 is 1.07 bits per heavy atom. The van der Waals surface area contributed by atoms with Gasteiger partial charge in [0.2, 0.25) is 0 Å². The molecule has 0 spiro atoms. The van der Waals surface area contributed by atoms with Gasteiger partial charge in [-0.1, -0.05) is 0 Å². The maximum absolute atomic E-state index is 2.55. The van der Waals surface area contributed by atoms with E-state index < -0.39 is 14.8 Å². The quantitative estimate of drug-likeness (QED) is 0.673. The summed E-state index contributed by atoms with van der Waals surface area (Å²) < 4.78 is 3.50. The van der Waals surface area contributed by atoms with E-state index in [-0.39, 0.29) is 0 Å². The van der Waals surface area contributed by atoms with Gasteiger partial charge in [0.25, 0.3) is 0 Å². The summed E-state index contributed by atoms with van der Waals surface area (Å²) in [6.45, 7) is 2.37. The molecule has 0 nitrogen and oxygen atoms in total. The molecule has 2 rings (SSSR count). The molecule has 0 aromatic carbocycles. The van der Waals surface area contributed by atoms with E-state index in [1.54, 1.807) is 8.33 Å². The van der Waals surface area contributed by atoms with Crippen LogP contribution in [-0.4, -0.2) is 0 Å². The van der Waals surface area contributed by atoms with Crippen molar-refractivity contribution >= 4 is 0 Å². The molecule has 0 aromatic heterocycles. The van der Waals surface area contributed by atoms with Gasteiger partial charge in [0.05, 0.1) is 0 Å². The minimum absolute atomic E-state index is 1.22. The summed E-state index contributed by atoms with van der Waals surface area (Å²) in [7, 11) is 0. The van der Waals surface area contributed by atoms with Gasteiger partial charge in [-0.05, 0) is 0 Å². The molecule has 0 bridgehead atoms. The molecule has 0 fully saturated rings. The van der Waals surface area contributed by atoms with Crippen LogP contribution in [0.4, 0.5) is 0 Å². The topological polar surface area (TPSA) is 0 Å². The Labute approximate surface area is 89.9 Å². The molecule has 0 saturated carbocycles. The van der Waals surface area contributed by atoms with Crippen LogP contribution in [0.5, 0.6) is 0 Å². The number of hydrogen-bond donors (Lipinski definition) is 0. The van der Waals surface area contributed by atoms with Gasteiger partial charge in [0.15, 0.2) is 0 Å². The van der Waals surface area contributed by atoms with Gasteiger partial charge in [-0.3, -0.25) is 0 Å². The number of rotatable bonds is 3. The standard InChI is InChI=1S/2C5H5.C2H5.CH3.Ru/c2*1-2-4-5-3-1;1-2;;/h2*1-3H,4H2;1H2,2H3;1H3;. The third-order valence-electron chi connectivity index (χ3n) is 2.94. The van der Waals surface area contributed by atoms with Crippen LogP contribution in [0.15, 0.2) is 44.8 Å². The van der Waals surface area contributed by atoms with Crippen molar-refractivity contribution in [2.24, 2.45) is 0 Å². The summed E-state index contributed by atoms with van der Waals surface area (Å²) in [4.78, 5) is 0. The Bertz CT molecular complexity index is 312. The summed E-state index contributed by atoms with van der Waals surface area (Å²) in [5.74, 6) is 0. The second-order valence-electron chi connectivity index (χ2n) is 3.65. The van der Waals surface area contributed by atoms with Crippen LogP contribution in [-0.2, 0) is 14.8 Å². The van der Waals surface area contributed by atoms with Crippen molar-refractivity contribution < 1.29 is 14.8 Å². The molecule has 0 aliphatic heterocycles. The summed E-state index contributed by atoms with van der Waals surface area (Å²) in [5, 5.41) is 1.37. The Kier molecular flexibility index (Phi) is 2.88. The molecule has 2 aliphatic rings. The van der Waals surface area contributed by atoms with E-state index >= 15 is 0 Å². The van der Waals surface area contributed by atoms with Crippen LogP contribution < -0.4 is 0 Å². The van der Waals surface area contributed by atoms with Gasteiger partial charge in [-0.25, -0.2) is 0 Å². The Morgan fingerprint density at radius 2 is 1.57 bits per heavy atom. The molecule has 0 saturated heterocycles. The van der Waals surface area contributed by atoms with Crippen LogP contribution in [0.2, 0.25) is 10.5 Å². The molecule has 0 amide bonds. The first-order valence-electron chi connectivity index (χ1n) is 5.10. The van der Waals surface area contributed by atoms with Crippen molar-refractivity contribution in [2.75, 3.05) is 0 Å². The number of hydrogen-bond acceptors (Lipinski definition) is 0. The van der Waals surface area contributed by atoms with E-state index in [1.807, 2.05) is 0 Å². The third kappa shape index (κ3) is 1.59. The van der Waals surface area contributed by atoms with Gasteiger partial charge in [-0.2, -0.15) is 0 Å². The predicted octanol–water partition coefficient (Wildman–Crippen LogP) is 4.31. The normalized spacial score (nSPS) is 21.3. The third-order valence-corrected chi connectivity index (χ3v) is 11.6. The molecular formula is C13H18Ru. The Hall–Kier alpha value is -0.417. The van der Waals surface area contributed by atoms with E-state index in [2.05, 4.69) is 48.9 Å². The number of allylic oxidation sites excluding steroid dienone is 8. The van der Waals surface area contributed by atoms with Crippen LogP contribution in [0.3, 0.4) is 0 Å². The van der Waals surface area contributed by atoms with E-state index in [1.165, 1.54) is 17.9 Å². The molecule has 0 unspecified atom stereocenters. The monoisotopic (exact) mass is 276 g/mol. The summed E-state index contributed by atoms with van der Waals surface area (Å²) >= 11 is -1.61. The second kappa shape index (κ2) is 3.99.